The lowest BCUT2D eigenvalue weighted by atomic mass is 10.0. The molecular weight excluding hydrogens is 371 g/mol. The largest absolute Gasteiger partial charge is 0.296 e. The summed E-state index contributed by atoms with van der Waals surface area (Å²) in [4.78, 5) is 13.5. The monoisotopic (exact) mass is 394 g/mol. The van der Waals surface area contributed by atoms with E-state index < -0.39 is 5.91 Å². The van der Waals surface area contributed by atoms with Crippen LogP contribution in [0.15, 0.2) is 54.9 Å². The van der Waals surface area contributed by atoms with Gasteiger partial charge in [-0.05, 0) is 61.2 Å². The van der Waals surface area contributed by atoms with Gasteiger partial charge in [-0.2, -0.15) is 5.10 Å². The molecule has 1 amide bonds. The van der Waals surface area contributed by atoms with Crippen molar-refractivity contribution in [2.45, 2.75) is 25.3 Å². The van der Waals surface area contributed by atoms with Crippen molar-refractivity contribution in [3.8, 4) is 0 Å². The minimum absolute atomic E-state index is 0.185. The molecule has 0 saturated carbocycles. The third-order valence-corrected chi connectivity index (χ3v) is 5.47. The van der Waals surface area contributed by atoms with E-state index in [1.165, 1.54) is 17.1 Å². The minimum Gasteiger partial charge on any atom is -0.296 e. The van der Waals surface area contributed by atoms with Gasteiger partial charge in [0.2, 0.25) is 0 Å². The summed E-state index contributed by atoms with van der Waals surface area (Å²) in [7, 11) is 0. The number of hydrogen-bond donors (Lipinski definition) is 2. The van der Waals surface area contributed by atoms with Crippen molar-refractivity contribution in [2.75, 3.05) is 13.1 Å². The third-order valence-electron chi connectivity index (χ3n) is 5.47. The second kappa shape index (κ2) is 8.55. The van der Waals surface area contributed by atoms with Crippen molar-refractivity contribution in [3.05, 3.63) is 77.4 Å². The fraction of sp³-hybridized carbons (Fsp3) is 0.273. The maximum absolute atomic E-state index is 14.5. The molecule has 1 saturated heterocycles. The lowest BCUT2D eigenvalue weighted by Crippen LogP contribution is -2.25. The zero-order valence-electron chi connectivity index (χ0n) is 16.0. The molecule has 0 unspecified atom stereocenters. The minimum atomic E-state index is -0.692. The fourth-order valence-electron chi connectivity index (χ4n) is 4.00. The van der Waals surface area contributed by atoms with E-state index in [0.29, 0.717) is 5.56 Å². The van der Waals surface area contributed by atoms with Crippen molar-refractivity contribution in [3.63, 3.8) is 0 Å². The summed E-state index contributed by atoms with van der Waals surface area (Å²) in [6, 6.07) is 11.4. The lowest BCUT2D eigenvalue weighted by Gasteiger charge is -2.25. The highest BCUT2D eigenvalue weighted by molar-refractivity contribution is 5.90. The maximum atomic E-state index is 14.5. The predicted octanol–water partition coefficient (Wildman–Crippen LogP) is 3.37. The molecule has 1 aromatic carbocycles. The van der Waals surface area contributed by atoms with Crippen LogP contribution in [0.3, 0.4) is 0 Å². The van der Waals surface area contributed by atoms with Gasteiger partial charge in [0.15, 0.2) is 0 Å². The number of nitrogens with zero attached hydrogens (tertiary/aromatic N) is 3. The van der Waals surface area contributed by atoms with E-state index >= 15 is 0 Å². The Hall–Kier alpha value is -3.03. The number of carbonyl (C=O) groups excluding carboxylic acids is 1. The van der Waals surface area contributed by atoms with Crippen LogP contribution in [0.5, 0.6) is 0 Å². The molecule has 0 spiro atoms. The molecule has 1 aliphatic rings. The van der Waals surface area contributed by atoms with Crippen molar-refractivity contribution in [2.24, 2.45) is 0 Å². The molecule has 7 heteroatoms. The molecule has 1 aliphatic heterocycles. The second-order valence-electron chi connectivity index (χ2n) is 7.23. The van der Waals surface area contributed by atoms with Gasteiger partial charge in [-0.15, -0.1) is 0 Å². The molecule has 6 nitrogen and oxygen atoms in total. The molecule has 2 aromatic heterocycles. The molecule has 0 aliphatic carbocycles. The number of pyridine rings is 1. The van der Waals surface area contributed by atoms with Gasteiger partial charge in [-0.3, -0.25) is 14.9 Å². The molecule has 1 atom stereocenters. The zero-order valence-corrected chi connectivity index (χ0v) is 16.0. The van der Waals surface area contributed by atoms with Crippen LogP contribution < -0.4 is 5.48 Å². The summed E-state index contributed by atoms with van der Waals surface area (Å²) in [5.41, 5.74) is 5.09. The highest BCUT2D eigenvalue weighted by atomic mass is 19.1. The van der Waals surface area contributed by atoms with E-state index in [1.807, 2.05) is 35.1 Å². The van der Waals surface area contributed by atoms with Gasteiger partial charge >= 0.3 is 0 Å². The second-order valence-corrected chi connectivity index (χ2v) is 7.23. The quantitative estimate of drug-likeness (QED) is 0.382. The van der Waals surface area contributed by atoms with Crippen LogP contribution in [0.4, 0.5) is 4.39 Å². The van der Waals surface area contributed by atoms with Gasteiger partial charge < -0.3 is 0 Å². The van der Waals surface area contributed by atoms with E-state index in [4.69, 9.17) is 5.21 Å². The molecule has 0 bridgehead atoms. The van der Waals surface area contributed by atoms with Crippen LogP contribution in [0.1, 0.15) is 35.6 Å². The Kier molecular flexibility index (Phi) is 5.69. The number of rotatable bonds is 6. The summed E-state index contributed by atoms with van der Waals surface area (Å²) in [5, 5.41) is 12.9. The van der Waals surface area contributed by atoms with Gasteiger partial charge in [-0.1, -0.05) is 18.2 Å². The van der Waals surface area contributed by atoms with Crippen molar-refractivity contribution < 1.29 is 14.4 Å². The van der Waals surface area contributed by atoms with E-state index in [9.17, 15) is 9.18 Å². The van der Waals surface area contributed by atoms with Crippen molar-refractivity contribution in [1.82, 2.24) is 20.0 Å². The SMILES string of the molecule is O=C(C=Cc1ccc([C@@H]2CCCN2CCc2cnn3ccccc23)cc1F)NO. The average molecular weight is 394 g/mol. The maximum Gasteiger partial charge on any atom is 0.267 e. The number of likely N-dealkylation sites (tertiary alicyclic amines) is 1. The normalized spacial score (nSPS) is 17.4. The van der Waals surface area contributed by atoms with Gasteiger partial charge in [0.1, 0.15) is 5.82 Å². The number of amides is 1. The van der Waals surface area contributed by atoms with Gasteiger partial charge in [0.25, 0.3) is 5.91 Å². The number of fused-ring (bicyclic) bond motifs is 1. The molecule has 29 heavy (non-hydrogen) atoms. The number of halogens is 1. The van der Waals surface area contributed by atoms with Crippen LogP contribution in [0, 0.1) is 5.82 Å². The van der Waals surface area contributed by atoms with Crippen LogP contribution >= 0.6 is 0 Å². The number of hydroxylamine groups is 1. The standard InChI is InChI=1S/C22H23FN4O2/c23-19-14-17(7-6-16(19)8-9-22(28)25-29)20-5-3-11-26(20)13-10-18-15-24-27-12-2-1-4-21(18)27/h1-2,4,6-9,12,14-15,20,29H,3,5,10-11,13H2,(H,25,28)/t20-/m0/s1. The first-order valence-electron chi connectivity index (χ1n) is 9.72. The number of hydrogen-bond acceptors (Lipinski definition) is 4. The van der Waals surface area contributed by atoms with Crippen LogP contribution in [0.2, 0.25) is 0 Å². The first kappa shape index (κ1) is 19.3. The summed E-state index contributed by atoms with van der Waals surface area (Å²) < 4.78 is 16.4. The number of nitrogens with one attached hydrogen (secondary N) is 1. The van der Waals surface area contributed by atoms with E-state index in [1.54, 1.807) is 12.1 Å². The van der Waals surface area contributed by atoms with Gasteiger partial charge in [0.05, 0.1) is 11.7 Å². The smallest absolute Gasteiger partial charge is 0.267 e. The summed E-state index contributed by atoms with van der Waals surface area (Å²) in [5.74, 6) is -1.07. The molecule has 0 radical (unpaired) electrons. The zero-order chi connectivity index (χ0) is 20.2. The fourth-order valence-corrected chi connectivity index (χ4v) is 4.00. The highest BCUT2D eigenvalue weighted by Gasteiger charge is 2.26. The summed E-state index contributed by atoms with van der Waals surface area (Å²) >= 11 is 0. The molecule has 1 fully saturated rings. The number of aromatic nitrogens is 2. The summed E-state index contributed by atoms with van der Waals surface area (Å²) in [6.45, 7) is 1.88. The van der Waals surface area contributed by atoms with Crippen molar-refractivity contribution in [1.29, 1.82) is 0 Å². The van der Waals surface area contributed by atoms with Gasteiger partial charge in [-0.25, -0.2) is 14.4 Å². The number of carbonyl (C=O) groups is 1. The van der Waals surface area contributed by atoms with E-state index in [0.717, 1.165) is 49.5 Å². The van der Waals surface area contributed by atoms with E-state index in [-0.39, 0.29) is 11.9 Å². The van der Waals surface area contributed by atoms with Crippen LogP contribution in [0.25, 0.3) is 11.6 Å². The number of benzene rings is 1. The molecule has 150 valence electrons. The lowest BCUT2D eigenvalue weighted by molar-refractivity contribution is -0.124. The molecule has 3 aromatic rings. The third kappa shape index (κ3) is 4.21. The first-order chi connectivity index (χ1) is 14.2. The highest BCUT2D eigenvalue weighted by Crippen LogP contribution is 2.33. The average Bonchev–Trinajstić information content (AvgIpc) is 3.38. The van der Waals surface area contributed by atoms with Crippen LogP contribution in [-0.4, -0.2) is 38.7 Å². The Morgan fingerprint density at radius 1 is 1.34 bits per heavy atom. The predicted molar refractivity (Wildman–Crippen MR) is 108 cm³/mol. The summed E-state index contributed by atoms with van der Waals surface area (Å²) in [6.07, 6.45) is 9.28. The van der Waals surface area contributed by atoms with Crippen molar-refractivity contribution >= 4 is 17.5 Å². The molecule has 3 heterocycles. The Bertz CT molecular complexity index is 1050. The first-order valence-corrected chi connectivity index (χ1v) is 9.72. The Morgan fingerprint density at radius 2 is 2.24 bits per heavy atom. The Labute approximate surface area is 168 Å². The van der Waals surface area contributed by atoms with Crippen LogP contribution in [-0.2, 0) is 11.2 Å². The Balaban J connectivity index is 1.46. The topological polar surface area (TPSA) is 69.9 Å². The van der Waals surface area contributed by atoms with Gasteiger partial charge in [0, 0.05) is 30.4 Å². The molecular formula is C22H23FN4O2. The molecule has 2 N–H and O–H groups in total. The van der Waals surface area contributed by atoms with E-state index in [2.05, 4.69) is 16.1 Å². The Morgan fingerprint density at radius 3 is 3.07 bits per heavy atom. The molecule has 4 rings (SSSR count).